The van der Waals surface area contributed by atoms with Crippen LogP contribution in [0.5, 0.6) is 0 Å². The molecule has 0 aliphatic heterocycles. The molecule has 4 heteroatoms. The molecule has 56 heavy (non-hydrogen) atoms. The molecule has 0 spiro atoms. The maximum absolute atomic E-state index is 11.7. The fourth-order valence-electron chi connectivity index (χ4n) is 8.70. The first-order valence-corrected chi connectivity index (χ1v) is 20.9. The number of hydrogen-bond donors (Lipinski definition) is 1. The van der Waals surface area contributed by atoms with Crippen molar-refractivity contribution in [2.45, 2.75) is 144 Å². The standard InChI is InChI=1S/C39H42N.C13H24O2.Ir/c1-25-20-34-35(39(7,8)18-11-17-38(34,5)6)24-32(25)27-14-15-31-28(21-27)16-19-40-36(31)29-22-26-12-9-10-13-30(26)33(23-29)37(2,3)4;1-5-10(6-2)12(14)9-13(15)11(7-3)8-4;/h9-10,12-16,19-21,23-24H,11,17-18H2,1-8H3;9-11,14H,5-8H2,1-4H3;/q-1;;/b;12-9-;. The predicted octanol–water partition coefficient (Wildman–Crippen LogP) is 14.7. The zero-order valence-corrected chi connectivity index (χ0v) is 38.6. The Bertz CT molecular complexity index is 2180. The van der Waals surface area contributed by atoms with Crippen LogP contribution in [0.15, 0.2) is 84.8 Å². The molecule has 3 nitrogen and oxygen atoms in total. The third-order valence-corrected chi connectivity index (χ3v) is 12.4. The molecule has 5 aromatic rings. The number of ketones is 1. The van der Waals surface area contributed by atoms with Gasteiger partial charge < -0.3 is 5.11 Å². The van der Waals surface area contributed by atoms with Crippen LogP contribution >= 0.6 is 0 Å². The van der Waals surface area contributed by atoms with Crippen LogP contribution in [-0.4, -0.2) is 15.9 Å². The van der Waals surface area contributed by atoms with Gasteiger partial charge in [0.25, 0.3) is 0 Å². The van der Waals surface area contributed by atoms with E-state index >= 15 is 0 Å². The van der Waals surface area contributed by atoms with Crippen LogP contribution < -0.4 is 0 Å². The van der Waals surface area contributed by atoms with E-state index in [0.717, 1.165) is 42.3 Å². The number of carbonyl (C=O) groups excluding carboxylic acids is 1. The van der Waals surface area contributed by atoms with Crippen LogP contribution in [0.1, 0.15) is 143 Å². The number of aromatic nitrogens is 1. The Hall–Kier alpha value is -3.59. The van der Waals surface area contributed by atoms with Gasteiger partial charge in [-0.3, -0.25) is 9.78 Å². The third kappa shape index (κ3) is 9.74. The van der Waals surface area contributed by atoms with Crippen LogP contribution in [0.3, 0.4) is 0 Å². The molecule has 6 rings (SSSR count). The number of benzene rings is 4. The first-order chi connectivity index (χ1) is 25.9. The van der Waals surface area contributed by atoms with E-state index in [-0.39, 0.29) is 59.7 Å². The zero-order chi connectivity index (χ0) is 40.3. The summed E-state index contributed by atoms with van der Waals surface area (Å²) in [6, 6.07) is 28.7. The van der Waals surface area contributed by atoms with Gasteiger partial charge in [0, 0.05) is 49.9 Å². The summed E-state index contributed by atoms with van der Waals surface area (Å²) in [5.41, 5.74) is 10.8. The number of allylic oxidation sites excluding steroid dienone is 2. The van der Waals surface area contributed by atoms with Gasteiger partial charge in [0.1, 0.15) is 0 Å². The van der Waals surface area contributed by atoms with Gasteiger partial charge in [-0.15, -0.1) is 29.1 Å². The van der Waals surface area contributed by atoms with Crippen LogP contribution in [0, 0.1) is 24.8 Å². The summed E-state index contributed by atoms with van der Waals surface area (Å²) in [6.07, 6.45) is 10.6. The minimum absolute atomic E-state index is 0. The van der Waals surface area contributed by atoms with Crippen molar-refractivity contribution in [1.82, 2.24) is 4.98 Å². The summed E-state index contributed by atoms with van der Waals surface area (Å²) in [7, 11) is 0. The minimum Gasteiger partial charge on any atom is -0.512 e. The Morgan fingerprint density at radius 3 is 2.04 bits per heavy atom. The van der Waals surface area contributed by atoms with Crippen molar-refractivity contribution in [3.05, 3.63) is 113 Å². The molecule has 1 aliphatic rings. The van der Waals surface area contributed by atoms with E-state index in [4.69, 9.17) is 4.98 Å². The summed E-state index contributed by atoms with van der Waals surface area (Å²) in [5, 5.41) is 14.6. The average Bonchev–Trinajstić information content (AvgIpc) is 3.22. The molecule has 1 aromatic heterocycles. The van der Waals surface area contributed by atoms with Crippen LogP contribution in [0.2, 0.25) is 0 Å². The van der Waals surface area contributed by atoms with Gasteiger partial charge in [-0.05, 0) is 112 Å². The second-order valence-electron chi connectivity index (χ2n) is 18.3. The number of fused-ring (bicyclic) bond motifs is 3. The predicted molar refractivity (Wildman–Crippen MR) is 236 cm³/mol. The van der Waals surface area contributed by atoms with Crippen molar-refractivity contribution < 1.29 is 30.0 Å². The number of pyridine rings is 1. The Morgan fingerprint density at radius 1 is 0.821 bits per heavy atom. The molecule has 301 valence electrons. The zero-order valence-electron chi connectivity index (χ0n) is 36.2. The number of rotatable bonds is 9. The molecule has 0 unspecified atom stereocenters. The molecule has 4 aromatic carbocycles. The first kappa shape index (κ1) is 45.1. The number of aliphatic hydroxyl groups excluding tert-OH is 1. The summed E-state index contributed by atoms with van der Waals surface area (Å²) in [4.78, 5) is 16.6. The van der Waals surface area contributed by atoms with Crippen molar-refractivity contribution in [3.8, 4) is 22.4 Å². The molecule has 1 radical (unpaired) electrons. The van der Waals surface area contributed by atoms with E-state index in [1.54, 1.807) is 0 Å². The maximum Gasteiger partial charge on any atom is 0.162 e. The van der Waals surface area contributed by atoms with E-state index in [1.165, 1.54) is 74.9 Å². The van der Waals surface area contributed by atoms with E-state index in [9.17, 15) is 9.90 Å². The quantitative estimate of drug-likeness (QED) is 0.0693. The fraction of sp³-hybridized carbons (Fsp3) is 0.462. The third-order valence-electron chi connectivity index (χ3n) is 12.4. The van der Waals surface area contributed by atoms with Crippen molar-refractivity contribution in [3.63, 3.8) is 0 Å². The largest absolute Gasteiger partial charge is 0.512 e. The smallest absolute Gasteiger partial charge is 0.162 e. The van der Waals surface area contributed by atoms with Crippen molar-refractivity contribution >= 4 is 27.3 Å². The number of hydrogen-bond acceptors (Lipinski definition) is 3. The Kier molecular flexibility index (Phi) is 14.8. The molecule has 0 bridgehead atoms. The normalized spacial score (nSPS) is 15.2. The number of aliphatic hydroxyl groups is 1. The average molecular weight is 929 g/mol. The summed E-state index contributed by atoms with van der Waals surface area (Å²) in [6.45, 7) is 26.9. The molecule has 1 aliphatic carbocycles. The molecule has 0 fully saturated rings. The summed E-state index contributed by atoms with van der Waals surface area (Å²) < 4.78 is 0. The molecule has 1 heterocycles. The van der Waals surface area contributed by atoms with E-state index in [2.05, 4.69) is 128 Å². The van der Waals surface area contributed by atoms with Gasteiger partial charge >= 0.3 is 0 Å². The number of carbonyl (C=O) groups is 1. The Morgan fingerprint density at radius 2 is 1.43 bits per heavy atom. The Labute approximate surface area is 352 Å². The number of aryl methyl sites for hydroxylation is 1. The van der Waals surface area contributed by atoms with Crippen LogP contribution in [0.25, 0.3) is 43.9 Å². The monoisotopic (exact) mass is 929 g/mol. The van der Waals surface area contributed by atoms with E-state index in [1.807, 2.05) is 33.9 Å². The molecular formula is C52H66IrNO2-. The topological polar surface area (TPSA) is 50.2 Å². The van der Waals surface area contributed by atoms with Crippen LogP contribution in [0.4, 0.5) is 0 Å². The molecule has 0 atom stereocenters. The summed E-state index contributed by atoms with van der Waals surface area (Å²) in [5.74, 6) is 0.547. The second kappa shape index (κ2) is 18.3. The van der Waals surface area contributed by atoms with Gasteiger partial charge in [0.15, 0.2) is 5.78 Å². The number of nitrogens with zero attached hydrogens (tertiary/aromatic N) is 1. The second-order valence-corrected chi connectivity index (χ2v) is 18.3. The molecule has 0 amide bonds. The van der Waals surface area contributed by atoms with E-state index in [0.29, 0.717) is 0 Å². The van der Waals surface area contributed by atoms with Gasteiger partial charge in [0.2, 0.25) is 0 Å². The van der Waals surface area contributed by atoms with Gasteiger partial charge in [-0.25, -0.2) is 0 Å². The maximum atomic E-state index is 11.7. The SMILES string of the molecule is CCC(CC)C(=O)/C=C(\O)C(CC)CC.Cc1cc2c(cc1-c1ccc3c(-c4[c-]c5ccccc5c(C(C)(C)C)c4)nccc3c1)C(C)(C)CCCC2(C)C.[Ir]. The molecule has 1 N–H and O–H groups in total. The van der Waals surface area contributed by atoms with Gasteiger partial charge in [0.05, 0.1) is 5.76 Å². The van der Waals surface area contributed by atoms with Crippen molar-refractivity contribution in [1.29, 1.82) is 0 Å². The molecule has 0 saturated heterocycles. The molecule has 0 saturated carbocycles. The van der Waals surface area contributed by atoms with Crippen molar-refractivity contribution in [2.75, 3.05) is 0 Å². The van der Waals surface area contributed by atoms with E-state index < -0.39 is 0 Å². The summed E-state index contributed by atoms with van der Waals surface area (Å²) >= 11 is 0. The first-order valence-electron chi connectivity index (χ1n) is 20.9. The van der Waals surface area contributed by atoms with Gasteiger partial charge in [-0.1, -0.05) is 136 Å². The molecular weight excluding hydrogens is 863 g/mol. The fourth-order valence-corrected chi connectivity index (χ4v) is 8.70. The van der Waals surface area contributed by atoms with Crippen LogP contribution in [-0.2, 0) is 41.1 Å². The van der Waals surface area contributed by atoms with Crippen molar-refractivity contribution in [2.24, 2.45) is 11.8 Å². The van der Waals surface area contributed by atoms with Gasteiger partial charge in [-0.2, -0.15) is 0 Å². The Balaban J connectivity index is 0.000000372. The minimum atomic E-state index is 0.